The molecule has 5 aromatic rings. The predicted molar refractivity (Wildman–Crippen MR) is 127 cm³/mol. The number of anilines is 1. The first kappa shape index (κ1) is 22.7. The van der Waals surface area contributed by atoms with E-state index >= 15 is 0 Å². The number of fused-ring (bicyclic) bond motifs is 1. The highest BCUT2D eigenvalue weighted by Gasteiger charge is 2.15. The summed E-state index contributed by atoms with van der Waals surface area (Å²) in [4.78, 5) is 32.3. The van der Waals surface area contributed by atoms with Crippen molar-refractivity contribution < 1.29 is 18.7 Å². The number of hydrogen-bond donors (Lipinski definition) is 2. The molecule has 0 radical (unpaired) electrons. The minimum atomic E-state index is -0.749. The summed E-state index contributed by atoms with van der Waals surface area (Å²) < 4.78 is 23.3. The molecular weight excluding hydrogens is 467 g/mol. The van der Waals surface area contributed by atoms with Crippen LogP contribution in [0.2, 0.25) is 0 Å². The van der Waals surface area contributed by atoms with Gasteiger partial charge in [0.25, 0.3) is 5.91 Å². The molecule has 1 aromatic carbocycles. The molecule has 12 heteroatoms. The molecule has 0 saturated carbocycles. The lowest BCUT2D eigenvalue weighted by atomic mass is 10.1. The van der Waals surface area contributed by atoms with Crippen LogP contribution >= 0.6 is 0 Å². The number of halogens is 1. The highest BCUT2D eigenvalue weighted by atomic mass is 19.1. The van der Waals surface area contributed by atoms with Crippen molar-refractivity contribution in [3.63, 3.8) is 0 Å². The van der Waals surface area contributed by atoms with Crippen molar-refractivity contribution in [2.45, 2.75) is 6.42 Å². The van der Waals surface area contributed by atoms with E-state index in [9.17, 15) is 14.0 Å². The molecule has 180 valence electrons. The summed E-state index contributed by atoms with van der Waals surface area (Å²) >= 11 is 0. The molecule has 4 heterocycles. The Morgan fingerprint density at radius 3 is 2.75 bits per heavy atom. The van der Waals surface area contributed by atoms with E-state index in [0.717, 1.165) is 11.3 Å². The quantitative estimate of drug-likeness (QED) is 0.360. The lowest BCUT2D eigenvalue weighted by Gasteiger charge is -2.09. The standard InChI is InChI=1S/C24H19FN8O3/c1-32-18(6-9-28-32)15-7-10-33-20(13-15)29-24(31-33)30-21(34)12-14-4-5-19(17(25)11-14)36-23-16(22(26)35)3-2-8-27-23/h2-11,13H,12H2,1H3,(H2,26,35)(H,30,31,34). The van der Waals surface area contributed by atoms with Gasteiger partial charge in [-0.05, 0) is 48.0 Å². The molecule has 5 rings (SSSR count). The number of amides is 2. The Morgan fingerprint density at radius 2 is 2.00 bits per heavy atom. The Balaban J connectivity index is 1.27. The van der Waals surface area contributed by atoms with Crippen molar-refractivity contribution >= 4 is 23.4 Å². The van der Waals surface area contributed by atoms with Crippen molar-refractivity contribution in [1.29, 1.82) is 0 Å². The van der Waals surface area contributed by atoms with Crippen molar-refractivity contribution in [3.8, 4) is 22.9 Å². The lowest BCUT2D eigenvalue weighted by Crippen LogP contribution is -2.15. The number of hydrogen-bond acceptors (Lipinski definition) is 7. The minimum Gasteiger partial charge on any atom is -0.435 e. The summed E-state index contributed by atoms with van der Waals surface area (Å²) in [6, 6.07) is 12.6. The number of carbonyl (C=O) groups is 2. The third-order valence-electron chi connectivity index (χ3n) is 5.31. The van der Waals surface area contributed by atoms with Crippen LogP contribution in [0.15, 0.2) is 67.1 Å². The van der Waals surface area contributed by atoms with Gasteiger partial charge in [-0.3, -0.25) is 19.6 Å². The minimum absolute atomic E-state index is 0.0211. The summed E-state index contributed by atoms with van der Waals surface area (Å²) in [7, 11) is 1.84. The maximum atomic E-state index is 14.6. The van der Waals surface area contributed by atoms with Crippen LogP contribution in [-0.4, -0.2) is 41.2 Å². The number of ether oxygens (including phenoxy) is 1. The second-order valence-electron chi connectivity index (χ2n) is 7.81. The van der Waals surface area contributed by atoms with Crippen molar-refractivity contribution in [2.24, 2.45) is 12.8 Å². The van der Waals surface area contributed by atoms with Gasteiger partial charge in [0.2, 0.25) is 17.7 Å². The summed E-state index contributed by atoms with van der Waals surface area (Å²) in [6.45, 7) is 0. The van der Waals surface area contributed by atoms with E-state index < -0.39 is 17.6 Å². The molecule has 36 heavy (non-hydrogen) atoms. The topological polar surface area (TPSA) is 142 Å². The number of nitrogens with zero attached hydrogens (tertiary/aromatic N) is 6. The Labute approximate surface area is 203 Å². The van der Waals surface area contributed by atoms with E-state index in [1.807, 2.05) is 25.2 Å². The van der Waals surface area contributed by atoms with Gasteiger partial charge < -0.3 is 10.5 Å². The smallest absolute Gasteiger partial charge is 0.254 e. The second kappa shape index (κ2) is 9.25. The molecule has 2 amide bonds. The third-order valence-corrected chi connectivity index (χ3v) is 5.31. The first-order valence-electron chi connectivity index (χ1n) is 10.7. The van der Waals surface area contributed by atoms with E-state index in [1.165, 1.54) is 36.5 Å². The van der Waals surface area contributed by atoms with Crippen LogP contribution in [0.4, 0.5) is 10.3 Å². The van der Waals surface area contributed by atoms with Gasteiger partial charge >= 0.3 is 0 Å². The van der Waals surface area contributed by atoms with Crippen LogP contribution in [-0.2, 0) is 18.3 Å². The highest BCUT2D eigenvalue weighted by Crippen LogP contribution is 2.26. The van der Waals surface area contributed by atoms with Crippen LogP contribution in [0.5, 0.6) is 11.6 Å². The second-order valence-corrected chi connectivity index (χ2v) is 7.81. The normalized spacial score (nSPS) is 10.9. The molecule has 0 saturated heterocycles. The van der Waals surface area contributed by atoms with Crippen molar-refractivity contribution in [1.82, 2.24) is 29.4 Å². The number of aryl methyl sites for hydroxylation is 1. The fourth-order valence-electron chi connectivity index (χ4n) is 3.61. The SMILES string of the molecule is Cn1nccc1-c1ccn2nc(NC(=O)Cc3ccc(Oc4ncccc4C(N)=O)c(F)c3)nc2c1. The fraction of sp³-hybridized carbons (Fsp3) is 0.0833. The molecule has 0 unspecified atom stereocenters. The molecule has 11 nitrogen and oxygen atoms in total. The lowest BCUT2D eigenvalue weighted by molar-refractivity contribution is -0.115. The number of rotatable bonds is 7. The Kier molecular flexibility index (Phi) is 5.82. The summed E-state index contributed by atoms with van der Waals surface area (Å²) in [5.74, 6) is -2.05. The molecule has 0 fully saturated rings. The molecule has 0 aliphatic carbocycles. The zero-order valence-corrected chi connectivity index (χ0v) is 18.9. The molecule has 0 spiro atoms. The van der Waals surface area contributed by atoms with Gasteiger partial charge in [0, 0.05) is 31.2 Å². The van der Waals surface area contributed by atoms with E-state index in [1.54, 1.807) is 21.6 Å². The van der Waals surface area contributed by atoms with Gasteiger partial charge in [0.05, 0.1) is 12.1 Å². The predicted octanol–water partition coefficient (Wildman–Crippen LogP) is 2.74. The van der Waals surface area contributed by atoms with Gasteiger partial charge in [-0.1, -0.05) is 6.07 Å². The van der Waals surface area contributed by atoms with Crippen LogP contribution in [0.25, 0.3) is 16.9 Å². The first-order chi connectivity index (χ1) is 17.4. The molecule has 0 aliphatic heterocycles. The molecule has 0 aliphatic rings. The van der Waals surface area contributed by atoms with Crippen molar-refractivity contribution in [2.75, 3.05) is 5.32 Å². The zero-order valence-electron chi connectivity index (χ0n) is 18.9. The molecule has 3 N–H and O–H groups in total. The summed E-state index contributed by atoms with van der Waals surface area (Å²) in [6.07, 6.45) is 4.71. The third kappa shape index (κ3) is 4.59. The summed E-state index contributed by atoms with van der Waals surface area (Å²) in [5, 5.41) is 11.0. The Bertz CT molecular complexity index is 1610. The van der Waals surface area contributed by atoms with Gasteiger partial charge in [0.15, 0.2) is 17.2 Å². The van der Waals surface area contributed by atoms with Gasteiger partial charge in [0.1, 0.15) is 5.56 Å². The number of aromatic nitrogens is 6. The molecular formula is C24H19FN8O3. The number of carbonyl (C=O) groups excluding carboxylic acids is 2. The largest absolute Gasteiger partial charge is 0.435 e. The monoisotopic (exact) mass is 486 g/mol. The van der Waals surface area contributed by atoms with Gasteiger partial charge in [-0.25, -0.2) is 13.9 Å². The number of primary amides is 1. The molecule has 0 bridgehead atoms. The summed E-state index contributed by atoms with van der Waals surface area (Å²) in [5.41, 5.74) is 8.07. The van der Waals surface area contributed by atoms with Crippen molar-refractivity contribution in [3.05, 3.63) is 84.1 Å². The van der Waals surface area contributed by atoms with E-state index in [4.69, 9.17) is 10.5 Å². The molecule has 4 aromatic heterocycles. The Hall–Kier alpha value is -5.13. The highest BCUT2D eigenvalue weighted by molar-refractivity contribution is 5.95. The first-order valence-corrected chi connectivity index (χ1v) is 10.7. The maximum Gasteiger partial charge on any atom is 0.254 e. The number of benzene rings is 1. The van der Waals surface area contributed by atoms with Crippen LogP contribution in [0.3, 0.4) is 0 Å². The van der Waals surface area contributed by atoms with E-state index in [0.29, 0.717) is 11.2 Å². The van der Waals surface area contributed by atoms with Crippen LogP contribution < -0.4 is 15.8 Å². The van der Waals surface area contributed by atoms with E-state index in [2.05, 4.69) is 25.5 Å². The van der Waals surface area contributed by atoms with Crippen LogP contribution in [0.1, 0.15) is 15.9 Å². The number of pyridine rings is 2. The van der Waals surface area contributed by atoms with Gasteiger partial charge in [-0.2, -0.15) is 10.1 Å². The number of nitrogens with two attached hydrogens (primary N) is 1. The number of nitrogens with one attached hydrogen (secondary N) is 1. The average molecular weight is 486 g/mol. The fourth-order valence-corrected chi connectivity index (χ4v) is 3.61. The maximum absolute atomic E-state index is 14.6. The van der Waals surface area contributed by atoms with Crippen LogP contribution in [0, 0.1) is 5.82 Å². The zero-order chi connectivity index (χ0) is 25.2. The van der Waals surface area contributed by atoms with Gasteiger partial charge in [-0.15, -0.1) is 5.10 Å². The average Bonchev–Trinajstić information content (AvgIpc) is 3.45. The Morgan fingerprint density at radius 1 is 1.14 bits per heavy atom. The van der Waals surface area contributed by atoms with E-state index in [-0.39, 0.29) is 29.6 Å². The molecule has 0 atom stereocenters.